The Morgan fingerprint density at radius 1 is 1.20 bits per heavy atom. The molecule has 1 saturated heterocycles. The summed E-state index contributed by atoms with van der Waals surface area (Å²) in [5.74, 6) is 0.633. The van der Waals surface area contributed by atoms with Gasteiger partial charge in [0.15, 0.2) is 6.10 Å². The van der Waals surface area contributed by atoms with E-state index in [-0.39, 0.29) is 5.91 Å². The molecule has 1 aliphatic heterocycles. The molecule has 2 aromatic rings. The molecule has 0 aliphatic carbocycles. The molecule has 1 atom stereocenters. The predicted octanol–water partition coefficient (Wildman–Crippen LogP) is 2.85. The van der Waals surface area contributed by atoms with Crippen LogP contribution in [0.5, 0.6) is 5.75 Å². The molecule has 1 unspecified atom stereocenters. The molecule has 0 N–H and O–H groups in total. The van der Waals surface area contributed by atoms with Crippen molar-refractivity contribution in [2.75, 3.05) is 26.2 Å². The number of hydrogen-bond acceptors (Lipinski definition) is 4. The number of carbonyl (C=O) groups excluding carboxylic acids is 1. The minimum atomic E-state index is -0.523. The maximum absolute atomic E-state index is 12.6. The van der Waals surface area contributed by atoms with Crippen molar-refractivity contribution >= 4 is 17.5 Å². The molecule has 1 amide bonds. The standard InChI is InChI=1S/C19H22ClN3O2/c1-15(25-18-4-2-3-17(20)13-18)19(24)23-11-9-22(10-12-23)14-16-5-7-21-8-6-16/h2-8,13,15H,9-12,14H2,1H3. The minimum Gasteiger partial charge on any atom is -0.481 e. The van der Waals surface area contributed by atoms with Crippen LogP contribution in [0.15, 0.2) is 48.8 Å². The van der Waals surface area contributed by atoms with E-state index in [4.69, 9.17) is 16.3 Å². The number of aromatic nitrogens is 1. The van der Waals surface area contributed by atoms with E-state index in [1.54, 1.807) is 19.1 Å². The van der Waals surface area contributed by atoms with Crippen LogP contribution in [0.3, 0.4) is 0 Å². The Morgan fingerprint density at radius 2 is 1.92 bits per heavy atom. The minimum absolute atomic E-state index is 0.0172. The van der Waals surface area contributed by atoms with Crippen LogP contribution in [0.4, 0.5) is 0 Å². The zero-order valence-electron chi connectivity index (χ0n) is 14.3. The molecule has 5 nitrogen and oxygen atoms in total. The van der Waals surface area contributed by atoms with Gasteiger partial charge in [-0.1, -0.05) is 17.7 Å². The summed E-state index contributed by atoms with van der Waals surface area (Å²) in [6, 6.07) is 11.2. The smallest absolute Gasteiger partial charge is 0.263 e. The molecule has 0 spiro atoms. The second kappa shape index (κ2) is 8.32. The first-order valence-corrected chi connectivity index (χ1v) is 8.82. The van der Waals surface area contributed by atoms with Gasteiger partial charge in [0.1, 0.15) is 5.75 Å². The lowest BCUT2D eigenvalue weighted by atomic mass is 10.2. The summed E-state index contributed by atoms with van der Waals surface area (Å²) in [5, 5.41) is 0.599. The molecule has 0 radical (unpaired) electrons. The number of benzene rings is 1. The molecule has 132 valence electrons. The van der Waals surface area contributed by atoms with Gasteiger partial charge in [-0.05, 0) is 42.8 Å². The van der Waals surface area contributed by atoms with Crippen LogP contribution in [0.1, 0.15) is 12.5 Å². The summed E-state index contributed by atoms with van der Waals surface area (Å²) in [4.78, 5) is 20.9. The summed E-state index contributed by atoms with van der Waals surface area (Å²) in [6.07, 6.45) is 3.10. The van der Waals surface area contributed by atoms with Crippen LogP contribution in [0.25, 0.3) is 0 Å². The van der Waals surface area contributed by atoms with Gasteiger partial charge in [0.05, 0.1) is 0 Å². The van der Waals surface area contributed by atoms with E-state index >= 15 is 0 Å². The first-order chi connectivity index (χ1) is 12.1. The van der Waals surface area contributed by atoms with Gasteiger partial charge >= 0.3 is 0 Å². The van der Waals surface area contributed by atoms with Gasteiger partial charge < -0.3 is 9.64 Å². The molecule has 1 aromatic heterocycles. The van der Waals surface area contributed by atoms with Crippen molar-refractivity contribution in [1.29, 1.82) is 0 Å². The summed E-state index contributed by atoms with van der Waals surface area (Å²) >= 11 is 5.95. The van der Waals surface area contributed by atoms with Gasteiger partial charge in [-0.15, -0.1) is 0 Å². The zero-order chi connectivity index (χ0) is 17.6. The molecule has 1 aromatic carbocycles. The molecule has 1 fully saturated rings. The Kier molecular flexibility index (Phi) is 5.89. The first kappa shape index (κ1) is 17.7. The van der Waals surface area contributed by atoms with Crippen LogP contribution < -0.4 is 4.74 Å². The van der Waals surface area contributed by atoms with E-state index in [0.29, 0.717) is 23.9 Å². The summed E-state index contributed by atoms with van der Waals surface area (Å²) in [7, 11) is 0. The van der Waals surface area contributed by atoms with E-state index in [1.807, 2.05) is 41.6 Å². The Hall–Kier alpha value is -2.11. The van der Waals surface area contributed by atoms with Crippen molar-refractivity contribution in [2.45, 2.75) is 19.6 Å². The summed E-state index contributed by atoms with van der Waals surface area (Å²) in [5.41, 5.74) is 1.24. The molecule has 0 bridgehead atoms. The number of halogens is 1. The van der Waals surface area contributed by atoms with Crippen molar-refractivity contribution in [1.82, 2.24) is 14.8 Å². The second-order valence-electron chi connectivity index (χ2n) is 6.17. The molecule has 25 heavy (non-hydrogen) atoms. The van der Waals surface area contributed by atoms with Crippen LogP contribution >= 0.6 is 11.6 Å². The Balaban J connectivity index is 1.49. The Morgan fingerprint density at radius 3 is 2.60 bits per heavy atom. The van der Waals surface area contributed by atoms with Crippen molar-refractivity contribution in [3.05, 3.63) is 59.4 Å². The predicted molar refractivity (Wildman–Crippen MR) is 97.6 cm³/mol. The van der Waals surface area contributed by atoms with Crippen molar-refractivity contribution in [3.63, 3.8) is 0 Å². The normalized spacial score (nSPS) is 16.5. The van der Waals surface area contributed by atoms with Gasteiger partial charge in [-0.2, -0.15) is 0 Å². The second-order valence-corrected chi connectivity index (χ2v) is 6.61. The molecule has 0 saturated carbocycles. The Labute approximate surface area is 153 Å². The van der Waals surface area contributed by atoms with E-state index in [1.165, 1.54) is 5.56 Å². The fourth-order valence-electron chi connectivity index (χ4n) is 2.92. The van der Waals surface area contributed by atoms with Gasteiger partial charge in [0, 0.05) is 50.1 Å². The third-order valence-electron chi connectivity index (χ3n) is 4.30. The number of pyridine rings is 1. The highest BCUT2D eigenvalue weighted by Crippen LogP contribution is 2.19. The van der Waals surface area contributed by atoms with E-state index in [0.717, 1.165) is 19.6 Å². The molecular formula is C19H22ClN3O2. The molecular weight excluding hydrogens is 338 g/mol. The van der Waals surface area contributed by atoms with Crippen LogP contribution in [0.2, 0.25) is 5.02 Å². The average molecular weight is 360 g/mol. The lowest BCUT2D eigenvalue weighted by Gasteiger charge is -2.35. The summed E-state index contributed by atoms with van der Waals surface area (Å²) < 4.78 is 5.74. The third-order valence-corrected chi connectivity index (χ3v) is 4.53. The fraction of sp³-hybridized carbons (Fsp3) is 0.368. The number of amides is 1. The van der Waals surface area contributed by atoms with Crippen molar-refractivity contribution < 1.29 is 9.53 Å². The topological polar surface area (TPSA) is 45.7 Å². The zero-order valence-corrected chi connectivity index (χ0v) is 15.0. The number of rotatable bonds is 5. The van der Waals surface area contributed by atoms with Gasteiger partial charge in [0.2, 0.25) is 0 Å². The number of ether oxygens (including phenoxy) is 1. The van der Waals surface area contributed by atoms with Crippen LogP contribution in [-0.4, -0.2) is 53.0 Å². The lowest BCUT2D eigenvalue weighted by molar-refractivity contribution is -0.139. The molecule has 6 heteroatoms. The van der Waals surface area contributed by atoms with Crippen molar-refractivity contribution in [2.24, 2.45) is 0 Å². The highest BCUT2D eigenvalue weighted by atomic mass is 35.5. The number of carbonyl (C=O) groups is 1. The Bertz CT molecular complexity index is 703. The number of hydrogen-bond donors (Lipinski definition) is 0. The van der Waals surface area contributed by atoms with E-state index < -0.39 is 6.10 Å². The highest BCUT2D eigenvalue weighted by Gasteiger charge is 2.26. The first-order valence-electron chi connectivity index (χ1n) is 8.44. The highest BCUT2D eigenvalue weighted by molar-refractivity contribution is 6.30. The molecule has 1 aliphatic rings. The van der Waals surface area contributed by atoms with Gasteiger partial charge in [-0.3, -0.25) is 14.7 Å². The SMILES string of the molecule is CC(Oc1cccc(Cl)c1)C(=O)N1CCN(Cc2ccncc2)CC1. The fourth-order valence-corrected chi connectivity index (χ4v) is 3.10. The van der Waals surface area contributed by atoms with E-state index in [2.05, 4.69) is 9.88 Å². The monoisotopic (exact) mass is 359 g/mol. The quantitative estimate of drug-likeness (QED) is 0.823. The van der Waals surface area contributed by atoms with Crippen molar-refractivity contribution in [3.8, 4) is 5.75 Å². The molecule has 2 heterocycles. The van der Waals surface area contributed by atoms with Crippen LogP contribution in [-0.2, 0) is 11.3 Å². The third kappa shape index (κ3) is 4.94. The van der Waals surface area contributed by atoms with E-state index in [9.17, 15) is 4.79 Å². The lowest BCUT2D eigenvalue weighted by Crippen LogP contribution is -2.51. The number of nitrogens with zero attached hydrogens (tertiary/aromatic N) is 3. The molecule has 3 rings (SSSR count). The maximum atomic E-state index is 12.6. The van der Waals surface area contributed by atoms with Crippen LogP contribution in [0, 0.1) is 0 Å². The average Bonchev–Trinajstić information content (AvgIpc) is 2.62. The summed E-state index contributed by atoms with van der Waals surface area (Å²) in [6.45, 7) is 5.82. The maximum Gasteiger partial charge on any atom is 0.263 e. The largest absolute Gasteiger partial charge is 0.481 e. The number of piperazine rings is 1. The van der Waals surface area contributed by atoms with Gasteiger partial charge in [-0.25, -0.2) is 0 Å². The van der Waals surface area contributed by atoms with Gasteiger partial charge in [0.25, 0.3) is 5.91 Å².